The van der Waals surface area contributed by atoms with Gasteiger partial charge in [-0.2, -0.15) is 0 Å². The van der Waals surface area contributed by atoms with Gasteiger partial charge in [0.25, 0.3) is 0 Å². The molecule has 2 radical (unpaired) electrons. The van der Waals surface area contributed by atoms with E-state index in [0.29, 0.717) is 12.0 Å². The minimum absolute atomic E-state index is 0.584. The Bertz CT molecular complexity index is 435. The Morgan fingerprint density at radius 1 is 1.09 bits per heavy atom. The number of hydrogen-bond acceptors (Lipinski definition) is 1. The molecule has 1 N–H and O–H groups in total. The molecular formula is C20H32BN. The monoisotopic (exact) mass is 297 g/mol. The highest BCUT2D eigenvalue weighted by atomic mass is 14.9. The van der Waals surface area contributed by atoms with Crippen molar-refractivity contribution in [2.45, 2.75) is 90.0 Å². The Balaban J connectivity index is 2.18. The third kappa shape index (κ3) is 5.07. The number of anilines is 1. The van der Waals surface area contributed by atoms with Gasteiger partial charge in [-0.25, -0.2) is 0 Å². The number of hydrogen-bond donors (Lipinski definition) is 1. The van der Waals surface area contributed by atoms with E-state index in [0.717, 1.165) is 5.46 Å². The molecule has 1 aromatic carbocycles. The topological polar surface area (TPSA) is 12.0 Å². The standard InChI is InChI=1S/C20H32BN/c1-3-10-18(4-2)22-20-14-13-17(21)15-19(20)16-11-8-6-5-7-9-12-16/h13-16,18,22H,3-12H2,1-2H3. The van der Waals surface area contributed by atoms with Crippen LogP contribution >= 0.6 is 0 Å². The summed E-state index contributed by atoms with van der Waals surface area (Å²) in [4.78, 5) is 0. The third-order valence-corrected chi connectivity index (χ3v) is 5.11. The fourth-order valence-electron chi connectivity index (χ4n) is 3.76. The average Bonchev–Trinajstić information content (AvgIpc) is 2.48. The lowest BCUT2D eigenvalue weighted by atomic mass is 9.82. The van der Waals surface area contributed by atoms with Crippen LogP contribution < -0.4 is 10.8 Å². The first-order valence-corrected chi connectivity index (χ1v) is 9.40. The summed E-state index contributed by atoms with van der Waals surface area (Å²) in [6, 6.07) is 7.07. The van der Waals surface area contributed by atoms with Crippen LogP contribution in [0.5, 0.6) is 0 Å². The molecule has 0 aliphatic heterocycles. The van der Waals surface area contributed by atoms with Gasteiger partial charge in [-0.1, -0.05) is 70.0 Å². The van der Waals surface area contributed by atoms with Gasteiger partial charge in [0.1, 0.15) is 7.85 Å². The molecule has 2 heteroatoms. The summed E-state index contributed by atoms with van der Waals surface area (Å²) >= 11 is 0. The molecule has 2 rings (SSSR count). The second-order valence-corrected chi connectivity index (χ2v) is 6.93. The predicted molar refractivity (Wildman–Crippen MR) is 99.5 cm³/mol. The van der Waals surface area contributed by atoms with Crippen LogP contribution in [-0.2, 0) is 0 Å². The Hall–Kier alpha value is -0.915. The summed E-state index contributed by atoms with van der Waals surface area (Å²) in [6.07, 6.45) is 13.3. The zero-order valence-corrected chi connectivity index (χ0v) is 14.5. The lowest BCUT2D eigenvalue weighted by Crippen LogP contribution is -2.21. The van der Waals surface area contributed by atoms with Gasteiger partial charge in [-0.15, -0.1) is 0 Å². The maximum atomic E-state index is 6.10. The van der Waals surface area contributed by atoms with E-state index in [4.69, 9.17) is 7.85 Å². The molecule has 0 heterocycles. The molecule has 1 fully saturated rings. The average molecular weight is 297 g/mol. The molecule has 0 spiro atoms. The van der Waals surface area contributed by atoms with Gasteiger partial charge < -0.3 is 5.32 Å². The van der Waals surface area contributed by atoms with Crippen LogP contribution in [0.2, 0.25) is 0 Å². The van der Waals surface area contributed by atoms with Crippen molar-refractivity contribution in [1.29, 1.82) is 0 Å². The molecule has 1 aromatic rings. The zero-order valence-electron chi connectivity index (χ0n) is 14.5. The zero-order chi connectivity index (χ0) is 15.8. The maximum Gasteiger partial charge on any atom is 0.113 e. The van der Waals surface area contributed by atoms with Crippen LogP contribution in [0.3, 0.4) is 0 Å². The Kier molecular flexibility index (Phi) is 7.35. The molecule has 1 aliphatic rings. The SMILES string of the molecule is [B]c1ccc(NC(CC)CCC)c(C2CCCCCCC2)c1. The van der Waals surface area contributed by atoms with Crippen molar-refractivity contribution in [3.8, 4) is 0 Å². The minimum Gasteiger partial charge on any atom is -0.382 e. The third-order valence-electron chi connectivity index (χ3n) is 5.11. The number of rotatable bonds is 6. The normalized spacial score (nSPS) is 18.5. The molecule has 1 aliphatic carbocycles. The maximum absolute atomic E-state index is 6.10. The second-order valence-electron chi connectivity index (χ2n) is 6.93. The molecule has 22 heavy (non-hydrogen) atoms. The van der Waals surface area contributed by atoms with Crippen LogP contribution in [0.1, 0.15) is 89.5 Å². The first kappa shape index (κ1) is 17.4. The van der Waals surface area contributed by atoms with E-state index < -0.39 is 0 Å². The van der Waals surface area contributed by atoms with Crippen molar-refractivity contribution in [3.63, 3.8) is 0 Å². The number of benzene rings is 1. The van der Waals surface area contributed by atoms with Gasteiger partial charge in [0.2, 0.25) is 0 Å². The number of nitrogens with one attached hydrogen (secondary N) is 1. The van der Waals surface area contributed by atoms with Crippen LogP contribution in [0, 0.1) is 0 Å². The van der Waals surface area contributed by atoms with Gasteiger partial charge in [0.05, 0.1) is 0 Å². The minimum atomic E-state index is 0.584. The highest BCUT2D eigenvalue weighted by Crippen LogP contribution is 2.35. The molecule has 0 saturated heterocycles. The van der Waals surface area contributed by atoms with Crippen molar-refractivity contribution in [2.75, 3.05) is 5.32 Å². The molecule has 1 nitrogen and oxygen atoms in total. The summed E-state index contributed by atoms with van der Waals surface area (Å²) < 4.78 is 0. The van der Waals surface area contributed by atoms with Crippen LogP contribution in [0.4, 0.5) is 5.69 Å². The molecule has 1 atom stereocenters. The van der Waals surface area contributed by atoms with Crippen molar-refractivity contribution in [3.05, 3.63) is 23.8 Å². The van der Waals surface area contributed by atoms with Gasteiger partial charge in [-0.3, -0.25) is 0 Å². The van der Waals surface area contributed by atoms with Crippen molar-refractivity contribution in [2.24, 2.45) is 0 Å². The Morgan fingerprint density at radius 3 is 2.41 bits per heavy atom. The lowest BCUT2D eigenvalue weighted by molar-refractivity contribution is 0.456. The van der Waals surface area contributed by atoms with E-state index in [2.05, 4.69) is 31.3 Å². The summed E-state index contributed by atoms with van der Waals surface area (Å²) in [5.74, 6) is 0.686. The molecular weight excluding hydrogens is 265 g/mol. The van der Waals surface area contributed by atoms with E-state index in [1.165, 1.54) is 75.5 Å². The molecule has 0 bridgehead atoms. The molecule has 1 unspecified atom stereocenters. The highest BCUT2D eigenvalue weighted by molar-refractivity contribution is 6.32. The van der Waals surface area contributed by atoms with Crippen molar-refractivity contribution in [1.82, 2.24) is 0 Å². The van der Waals surface area contributed by atoms with E-state index in [1.54, 1.807) is 0 Å². The first-order chi connectivity index (χ1) is 10.7. The molecule has 120 valence electrons. The van der Waals surface area contributed by atoms with Gasteiger partial charge in [0, 0.05) is 11.7 Å². The van der Waals surface area contributed by atoms with Crippen LogP contribution in [0.25, 0.3) is 0 Å². The van der Waals surface area contributed by atoms with Crippen LogP contribution in [-0.4, -0.2) is 13.9 Å². The van der Waals surface area contributed by atoms with Crippen LogP contribution in [0.15, 0.2) is 18.2 Å². The largest absolute Gasteiger partial charge is 0.382 e. The van der Waals surface area contributed by atoms with Crippen molar-refractivity contribution >= 4 is 19.0 Å². The van der Waals surface area contributed by atoms with E-state index in [-0.39, 0.29) is 0 Å². The summed E-state index contributed by atoms with van der Waals surface area (Å²) in [5, 5.41) is 3.80. The molecule has 0 amide bonds. The predicted octanol–water partition coefficient (Wildman–Crippen LogP) is 5.30. The van der Waals surface area contributed by atoms with Gasteiger partial charge >= 0.3 is 0 Å². The van der Waals surface area contributed by atoms with E-state index in [1.807, 2.05) is 6.07 Å². The smallest absolute Gasteiger partial charge is 0.113 e. The van der Waals surface area contributed by atoms with E-state index >= 15 is 0 Å². The van der Waals surface area contributed by atoms with Gasteiger partial charge in [-0.05, 0) is 43.2 Å². The van der Waals surface area contributed by atoms with E-state index in [9.17, 15) is 0 Å². The lowest BCUT2D eigenvalue weighted by Gasteiger charge is -2.26. The summed E-state index contributed by atoms with van der Waals surface area (Å²) in [5.41, 5.74) is 3.71. The second kappa shape index (κ2) is 9.27. The summed E-state index contributed by atoms with van der Waals surface area (Å²) in [7, 11) is 6.10. The fraction of sp³-hybridized carbons (Fsp3) is 0.700. The Labute approximate surface area is 138 Å². The Morgan fingerprint density at radius 2 is 1.77 bits per heavy atom. The molecule has 1 saturated carbocycles. The quantitative estimate of drug-likeness (QED) is 0.703. The first-order valence-electron chi connectivity index (χ1n) is 9.40. The summed E-state index contributed by atoms with van der Waals surface area (Å²) in [6.45, 7) is 4.54. The van der Waals surface area contributed by atoms with Gasteiger partial charge in [0.15, 0.2) is 0 Å². The van der Waals surface area contributed by atoms with Crippen molar-refractivity contribution < 1.29 is 0 Å². The fourth-order valence-corrected chi connectivity index (χ4v) is 3.76. The highest BCUT2D eigenvalue weighted by Gasteiger charge is 2.18. The molecule has 0 aromatic heterocycles.